The van der Waals surface area contributed by atoms with Gasteiger partial charge in [0.25, 0.3) is 6.43 Å². The molecular weight excluding hydrogens is 246 g/mol. The van der Waals surface area contributed by atoms with Crippen LogP contribution in [0.5, 0.6) is 5.88 Å². The number of alkyl halides is 2. The number of nitrogens with two attached hydrogens (primary N) is 1. The molecule has 0 aliphatic rings. The number of rotatable bonds is 5. The van der Waals surface area contributed by atoms with E-state index in [1.54, 1.807) is 6.92 Å². The van der Waals surface area contributed by atoms with Gasteiger partial charge in [0, 0.05) is 6.54 Å². The third-order valence-electron chi connectivity index (χ3n) is 2.21. The Balaban J connectivity index is 3.30. The van der Waals surface area contributed by atoms with E-state index >= 15 is 0 Å². The van der Waals surface area contributed by atoms with Crippen LogP contribution in [0.2, 0.25) is 0 Å². The maximum atomic E-state index is 12.7. The van der Waals surface area contributed by atoms with Crippen molar-refractivity contribution < 1.29 is 23.0 Å². The van der Waals surface area contributed by atoms with Crippen molar-refractivity contribution >= 4 is 5.97 Å². The summed E-state index contributed by atoms with van der Waals surface area (Å²) in [5, 5.41) is 0. The van der Waals surface area contributed by atoms with Crippen molar-refractivity contribution in [2.24, 2.45) is 5.73 Å². The minimum Gasteiger partial charge on any atom is -0.481 e. The SMILES string of the molecule is CCOC(=O)c1nc(OC)c(C(F)F)cc1CN. The van der Waals surface area contributed by atoms with Crippen LogP contribution < -0.4 is 10.5 Å². The molecule has 0 saturated carbocycles. The molecule has 100 valence electrons. The van der Waals surface area contributed by atoms with Gasteiger partial charge in [-0.3, -0.25) is 0 Å². The van der Waals surface area contributed by atoms with Gasteiger partial charge in [-0.15, -0.1) is 0 Å². The standard InChI is InChI=1S/C11H14F2N2O3/c1-3-18-11(16)8-6(5-14)4-7(9(12)13)10(15-8)17-2/h4,9H,3,5,14H2,1-2H3. The molecule has 1 rings (SSSR count). The molecule has 1 heterocycles. The highest BCUT2D eigenvalue weighted by Gasteiger charge is 2.22. The zero-order chi connectivity index (χ0) is 13.7. The number of methoxy groups -OCH3 is 1. The van der Waals surface area contributed by atoms with E-state index in [9.17, 15) is 13.6 Å². The van der Waals surface area contributed by atoms with Crippen LogP contribution in [0.15, 0.2) is 6.07 Å². The molecule has 0 radical (unpaired) electrons. The van der Waals surface area contributed by atoms with Crippen molar-refractivity contribution in [3.05, 3.63) is 22.9 Å². The molecule has 2 N–H and O–H groups in total. The van der Waals surface area contributed by atoms with Gasteiger partial charge in [-0.05, 0) is 18.6 Å². The van der Waals surface area contributed by atoms with E-state index in [0.29, 0.717) is 0 Å². The molecule has 0 aromatic carbocycles. The summed E-state index contributed by atoms with van der Waals surface area (Å²) in [5.74, 6) is -1.01. The molecule has 0 unspecified atom stereocenters. The molecule has 0 bridgehead atoms. The molecule has 0 aliphatic heterocycles. The Bertz CT molecular complexity index is 439. The highest BCUT2D eigenvalue weighted by Crippen LogP contribution is 2.29. The molecule has 0 fully saturated rings. The topological polar surface area (TPSA) is 74.4 Å². The third-order valence-corrected chi connectivity index (χ3v) is 2.21. The summed E-state index contributed by atoms with van der Waals surface area (Å²) in [6, 6.07) is 1.11. The number of hydrogen-bond donors (Lipinski definition) is 1. The summed E-state index contributed by atoms with van der Waals surface area (Å²) in [6.45, 7) is 1.69. The van der Waals surface area contributed by atoms with Crippen LogP contribution in [0, 0.1) is 0 Å². The first-order valence-corrected chi connectivity index (χ1v) is 5.28. The first-order valence-electron chi connectivity index (χ1n) is 5.28. The van der Waals surface area contributed by atoms with Gasteiger partial charge in [0.15, 0.2) is 5.69 Å². The average molecular weight is 260 g/mol. The Hall–Kier alpha value is -1.76. The van der Waals surface area contributed by atoms with Crippen LogP contribution in [0.25, 0.3) is 0 Å². The van der Waals surface area contributed by atoms with Gasteiger partial charge in [0.1, 0.15) is 0 Å². The van der Waals surface area contributed by atoms with Crippen molar-refractivity contribution in [2.45, 2.75) is 19.9 Å². The largest absolute Gasteiger partial charge is 0.481 e. The summed E-state index contributed by atoms with van der Waals surface area (Å²) < 4.78 is 35.0. The molecule has 5 nitrogen and oxygen atoms in total. The van der Waals surface area contributed by atoms with Gasteiger partial charge < -0.3 is 15.2 Å². The molecule has 0 amide bonds. The molecule has 1 aromatic heterocycles. The lowest BCUT2D eigenvalue weighted by atomic mass is 10.1. The Morgan fingerprint density at radius 3 is 2.67 bits per heavy atom. The van der Waals surface area contributed by atoms with E-state index in [0.717, 1.165) is 6.07 Å². The van der Waals surface area contributed by atoms with Gasteiger partial charge in [0.2, 0.25) is 5.88 Å². The van der Waals surface area contributed by atoms with Crippen LogP contribution in [0.1, 0.15) is 35.0 Å². The second-order valence-corrected chi connectivity index (χ2v) is 3.32. The highest BCUT2D eigenvalue weighted by atomic mass is 19.3. The van der Waals surface area contributed by atoms with Gasteiger partial charge in [-0.25, -0.2) is 18.6 Å². The van der Waals surface area contributed by atoms with Crippen LogP contribution >= 0.6 is 0 Å². The Labute approximate surface area is 103 Å². The molecule has 0 atom stereocenters. The fourth-order valence-corrected chi connectivity index (χ4v) is 1.41. The predicted octanol–water partition coefficient (Wildman–Crippen LogP) is 1.66. The molecule has 1 aromatic rings. The number of halogens is 2. The fraction of sp³-hybridized carbons (Fsp3) is 0.455. The van der Waals surface area contributed by atoms with Gasteiger partial charge >= 0.3 is 5.97 Å². The second-order valence-electron chi connectivity index (χ2n) is 3.32. The maximum absolute atomic E-state index is 12.7. The zero-order valence-electron chi connectivity index (χ0n) is 10.1. The van der Waals surface area contributed by atoms with Gasteiger partial charge in [-0.1, -0.05) is 0 Å². The van der Waals surface area contributed by atoms with Crippen LogP contribution in [-0.4, -0.2) is 24.7 Å². The maximum Gasteiger partial charge on any atom is 0.357 e. The molecule has 0 saturated heterocycles. The quantitative estimate of drug-likeness (QED) is 0.815. The summed E-state index contributed by atoms with van der Waals surface area (Å²) in [5.41, 5.74) is 5.12. The van der Waals surface area contributed by atoms with Crippen molar-refractivity contribution in [2.75, 3.05) is 13.7 Å². The number of ether oxygens (including phenoxy) is 2. The van der Waals surface area contributed by atoms with Crippen LogP contribution in [0.3, 0.4) is 0 Å². The zero-order valence-corrected chi connectivity index (χ0v) is 10.1. The summed E-state index contributed by atoms with van der Waals surface area (Å²) >= 11 is 0. The lowest BCUT2D eigenvalue weighted by molar-refractivity contribution is 0.0516. The average Bonchev–Trinajstić information content (AvgIpc) is 2.37. The predicted molar refractivity (Wildman–Crippen MR) is 59.6 cm³/mol. The normalized spacial score (nSPS) is 10.6. The number of pyridine rings is 1. The number of hydrogen-bond acceptors (Lipinski definition) is 5. The Kier molecular flexibility index (Phi) is 4.96. The number of carbonyl (C=O) groups is 1. The van der Waals surface area contributed by atoms with E-state index in [1.165, 1.54) is 7.11 Å². The second kappa shape index (κ2) is 6.25. The smallest absolute Gasteiger partial charge is 0.357 e. The third kappa shape index (κ3) is 2.92. The van der Waals surface area contributed by atoms with E-state index in [-0.39, 0.29) is 30.3 Å². The van der Waals surface area contributed by atoms with Crippen LogP contribution in [0.4, 0.5) is 8.78 Å². The highest BCUT2D eigenvalue weighted by molar-refractivity contribution is 5.89. The Morgan fingerprint density at radius 2 is 2.22 bits per heavy atom. The molecule has 0 aliphatic carbocycles. The van der Waals surface area contributed by atoms with Gasteiger partial charge in [0.05, 0.1) is 19.3 Å². The first kappa shape index (κ1) is 14.3. The number of carbonyl (C=O) groups excluding carboxylic acids is 1. The lowest BCUT2D eigenvalue weighted by Gasteiger charge is -2.12. The molecule has 18 heavy (non-hydrogen) atoms. The minimum atomic E-state index is -2.76. The monoisotopic (exact) mass is 260 g/mol. The Morgan fingerprint density at radius 1 is 1.56 bits per heavy atom. The van der Waals surface area contributed by atoms with Crippen LogP contribution in [-0.2, 0) is 11.3 Å². The summed E-state index contributed by atoms with van der Waals surface area (Å²) in [7, 11) is 1.20. The lowest BCUT2D eigenvalue weighted by Crippen LogP contribution is -2.15. The van der Waals surface area contributed by atoms with Crippen molar-refractivity contribution in [3.8, 4) is 5.88 Å². The van der Waals surface area contributed by atoms with E-state index in [1.807, 2.05) is 0 Å². The molecular formula is C11H14F2N2O3. The summed E-state index contributed by atoms with van der Waals surface area (Å²) in [4.78, 5) is 15.3. The first-order chi connectivity index (χ1) is 8.54. The van der Waals surface area contributed by atoms with Gasteiger partial charge in [-0.2, -0.15) is 0 Å². The van der Waals surface area contributed by atoms with Crippen molar-refractivity contribution in [1.82, 2.24) is 4.98 Å². The van der Waals surface area contributed by atoms with E-state index in [4.69, 9.17) is 15.2 Å². The number of aromatic nitrogens is 1. The van der Waals surface area contributed by atoms with E-state index in [2.05, 4.69) is 4.98 Å². The van der Waals surface area contributed by atoms with Crippen molar-refractivity contribution in [1.29, 1.82) is 0 Å². The number of esters is 1. The van der Waals surface area contributed by atoms with Crippen molar-refractivity contribution in [3.63, 3.8) is 0 Å². The molecule has 7 heteroatoms. The fourth-order valence-electron chi connectivity index (χ4n) is 1.41. The summed E-state index contributed by atoms with van der Waals surface area (Å²) in [6.07, 6.45) is -2.76. The van der Waals surface area contributed by atoms with E-state index < -0.39 is 18.0 Å². The molecule has 0 spiro atoms. The number of nitrogens with zero attached hydrogens (tertiary/aromatic N) is 1. The minimum absolute atomic E-state index is 0.0924.